The lowest BCUT2D eigenvalue weighted by Gasteiger charge is -2.14. The van der Waals surface area contributed by atoms with Gasteiger partial charge in [-0.1, -0.05) is 30.8 Å². The third-order valence-electron chi connectivity index (χ3n) is 5.74. The smallest absolute Gasteiger partial charge is 0.326 e. The molecule has 1 unspecified atom stereocenters. The Morgan fingerprint density at radius 2 is 1.86 bits per heavy atom. The second-order valence-electron chi connectivity index (χ2n) is 8.13. The van der Waals surface area contributed by atoms with E-state index in [1.54, 1.807) is 41.8 Å². The molecule has 2 heterocycles. The topological polar surface area (TPSA) is 125 Å². The zero-order valence-corrected chi connectivity index (χ0v) is 20.1. The van der Waals surface area contributed by atoms with E-state index in [1.807, 2.05) is 6.92 Å². The summed E-state index contributed by atoms with van der Waals surface area (Å²) in [6.07, 6.45) is 0.931. The first-order valence-corrected chi connectivity index (χ1v) is 12.2. The normalized spacial score (nSPS) is 13.8. The molecule has 2 amide bonds. The number of nitro groups is 1. The summed E-state index contributed by atoms with van der Waals surface area (Å²) in [5, 5.41) is 11.8. The van der Waals surface area contributed by atoms with Crippen LogP contribution >= 0.6 is 11.8 Å². The van der Waals surface area contributed by atoms with Gasteiger partial charge in [-0.15, -0.1) is 0 Å². The highest BCUT2D eigenvalue weighted by atomic mass is 32.2. The second kappa shape index (κ2) is 10.3. The largest absolute Gasteiger partial charge is 0.461 e. The van der Waals surface area contributed by atoms with Gasteiger partial charge in [-0.3, -0.25) is 29.4 Å². The quantitative estimate of drug-likeness (QED) is 0.103. The molecule has 0 N–H and O–H groups in total. The van der Waals surface area contributed by atoms with Gasteiger partial charge < -0.3 is 9.30 Å². The van der Waals surface area contributed by atoms with Crippen LogP contribution in [0.1, 0.15) is 47.4 Å². The van der Waals surface area contributed by atoms with Gasteiger partial charge in [0.1, 0.15) is 6.54 Å². The van der Waals surface area contributed by atoms with Crippen LogP contribution in [-0.2, 0) is 16.1 Å². The van der Waals surface area contributed by atoms with E-state index >= 15 is 0 Å². The molecule has 4 rings (SSSR count). The molecule has 0 fully saturated rings. The molecule has 0 saturated heterocycles. The number of thioether (sulfide) groups is 1. The van der Waals surface area contributed by atoms with Crippen molar-refractivity contribution in [3.8, 4) is 0 Å². The van der Waals surface area contributed by atoms with Gasteiger partial charge >= 0.3 is 5.97 Å². The molecule has 2 aromatic carbocycles. The number of amides is 2. The SMILES string of the molecule is CCC(C)OC(=O)Cn1c(SCCCN2C(=O)c3ccccc3C2=O)nc2ccc([N+](=O)[O-])cc21. The van der Waals surface area contributed by atoms with Crippen molar-refractivity contribution in [2.24, 2.45) is 0 Å². The van der Waals surface area contributed by atoms with E-state index in [1.165, 1.54) is 28.8 Å². The minimum absolute atomic E-state index is 0.101. The molecule has 182 valence electrons. The van der Waals surface area contributed by atoms with E-state index in [4.69, 9.17) is 4.74 Å². The first kappa shape index (κ1) is 24.4. The number of imidazole rings is 1. The number of ether oxygens (including phenoxy) is 1. The number of hydrogen-bond donors (Lipinski definition) is 0. The van der Waals surface area contributed by atoms with Crippen LogP contribution in [-0.4, -0.2) is 55.6 Å². The maximum atomic E-state index is 12.5. The van der Waals surface area contributed by atoms with E-state index in [-0.39, 0.29) is 36.7 Å². The summed E-state index contributed by atoms with van der Waals surface area (Å²) in [4.78, 5) is 54.1. The van der Waals surface area contributed by atoms with Crippen LogP contribution in [0.25, 0.3) is 11.0 Å². The van der Waals surface area contributed by atoms with Gasteiger partial charge in [-0.25, -0.2) is 4.98 Å². The Bertz CT molecular complexity index is 1290. The van der Waals surface area contributed by atoms with E-state index in [0.29, 0.717) is 45.9 Å². The first-order chi connectivity index (χ1) is 16.8. The fourth-order valence-electron chi connectivity index (χ4n) is 3.77. The van der Waals surface area contributed by atoms with Crippen LogP contribution < -0.4 is 0 Å². The van der Waals surface area contributed by atoms with Crippen molar-refractivity contribution < 1.29 is 24.0 Å². The number of aromatic nitrogens is 2. The van der Waals surface area contributed by atoms with Crippen LogP contribution in [0.15, 0.2) is 47.6 Å². The lowest BCUT2D eigenvalue weighted by atomic mass is 10.1. The predicted octanol–water partition coefficient (Wildman–Crippen LogP) is 4.06. The average Bonchev–Trinajstić information content (AvgIpc) is 3.30. The molecule has 1 aromatic heterocycles. The molecule has 0 saturated carbocycles. The number of carbonyl (C=O) groups excluding carboxylic acids is 3. The fourth-order valence-corrected chi connectivity index (χ4v) is 4.71. The van der Waals surface area contributed by atoms with Gasteiger partial charge in [0.15, 0.2) is 5.16 Å². The highest BCUT2D eigenvalue weighted by Gasteiger charge is 2.34. The summed E-state index contributed by atoms with van der Waals surface area (Å²) in [6.45, 7) is 3.82. The van der Waals surface area contributed by atoms with Crippen molar-refractivity contribution in [2.45, 2.75) is 44.5 Å². The van der Waals surface area contributed by atoms with Crippen LogP contribution in [0.3, 0.4) is 0 Å². The first-order valence-electron chi connectivity index (χ1n) is 11.2. The molecule has 0 spiro atoms. The third kappa shape index (κ3) is 5.04. The number of nitrogens with zero attached hydrogens (tertiary/aromatic N) is 4. The molecule has 1 atom stereocenters. The number of rotatable bonds is 10. The molecule has 0 bridgehead atoms. The van der Waals surface area contributed by atoms with Crippen molar-refractivity contribution in [1.29, 1.82) is 0 Å². The van der Waals surface area contributed by atoms with Crippen LogP contribution in [0.5, 0.6) is 0 Å². The number of benzene rings is 2. The molecule has 0 aliphatic carbocycles. The van der Waals surface area contributed by atoms with Crippen LogP contribution in [0, 0.1) is 10.1 Å². The van der Waals surface area contributed by atoms with Crippen molar-refractivity contribution in [3.63, 3.8) is 0 Å². The predicted molar refractivity (Wildman–Crippen MR) is 129 cm³/mol. The Labute approximate surface area is 205 Å². The summed E-state index contributed by atoms with van der Waals surface area (Å²) >= 11 is 1.35. The van der Waals surface area contributed by atoms with E-state index in [0.717, 1.165) is 0 Å². The van der Waals surface area contributed by atoms with Crippen molar-refractivity contribution in [2.75, 3.05) is 12.3 Å². The minimum atomic E-state index is -0.497. The molecule has 10 nitrogen and oxygen atoms in total. The Balaban J connectivity index is 1.48. The van der Waals surface area contributed by atoms with Crippen molar-refractivity contribution in [1.82, 2.24) is 14.5 Å². The number of esters is 1. The monoisotopic (exact) mass is 496 g/mol. The zero-order valence-electron chi connectivity index (χ0n) is 19.3. The summed E-state index contributed by atoms with van der Waals surface area (Å²) in [7, 11) is 0. The number of imide groups is 1. The lowest BCUT2D eigenvalue weighted by molar-refractivity contribution is -0.384. The fraction of sp³-hybridized carbons (Fsp3) is 0.333. The Morgan fingerprint density at radius 3 is 2.49 bits per heavy atom. The summed E-state index contributed by atoms with van der Waals surface area (Å²) in [6, 6.07) is 11.0. The number of carbonyl (C=O) groups is 3. The highest BCUT2D eigenvalue weighted by Crippen LogP contribution is 2.28. The molecule has 1 aliphatic rings. The zero-order chi connectivity index (χ0) is 25.1. The number of hydrogen-bond acceptors (Lipinski definition) is 8. The molecule has 11 heteroatoms. The number of non-ortho nitro benzene ring substituents is 1. The summed E-state index contributed by atoms with van der Waals surface area (Å²) in [5.41, 5.74) is 1.70. The molecule has 3 aromatic rings. The van der Waals surface area contributed by atoms with Gasteiger partial charge in [0, 0.05) is 24.4 Å². The van der Waals surface area contributed by atoms with Gasteiger partial charge in [0.25, 0.3) is 17.5 Å². The maximum Gasteiger partial charge on any atom is 0.326 e. The summed E-state index contributed by atoms with van der Waals surface area (Å²) in [5.74, 6) is -0.553. The average molecular weight is 497 g/mol. The van der Waals surface area contributed by atoms with Gasteiger partial charge in [-0.2, -0.15) is 0 Å². The van der Waals surface area contributed by atoms with Gasteiger partial charge in [0.05, 0.1) is 33.2 Å². The Kier molecular flexibility index (Phi) is 7.15. The van der Waals surface area contributed by atoms with E-state index < -0.39 is 10.9 Å². The second-order valence-corrected chi connectivity index (χ2v) is 9.19. The van der Waals surface area contributed by atoms with Crippen LogP contribution in [0.4, 0.5) is 5.69 Å². The Hall–Kier alpha value is -3.73. The maximum absolute atomic E-state index is 12.5. The molecule has 0 radical (unpaired) electrons. The molecular weight excluding hydrogens is 472 g/mol. The standard InChI is InChI=1S/C24H24N4O6S/c1-3-15(2)34-21(29)14-27-20-13-16(28(32)33)9-10-19(20)25-24(27)35-12-6-11-26-22(30)17-7-4-5-8-18(17)23(26)31/h4-5,7-10,13,15H,3,6,11-12,14H2,1-2H3. The van der Waals surface area contributed by atoms with Crippen molar-refractivity contribution in [3.05, 3.63) is 63.7 Å². The molecular formula is C24H24N4O6S. The molecule has 35 heavy (non-hydrogen) atoms. The van der Waals surface area contributed by atoms with E-state index in [9.17, 15) is 24.5 Å². The number of fused-ring (bicyclic) bond motifs is 2. The van der Waals surface area contributed by atoms with Gasteiger partial charge in [0.2, 0.25) is 0 Å². The summed E-state index contributed by atoms with van der Waals surface area (Å²) < 4.78 is 7.00. The number of nitro benzene ring substituents is 1. The van der Waals surface area contributed by atoms with E-state index in [2.05, 4.69) is 4.98 Å². The minimum Gasteiger partial charge on any atom is -0.461 e. The lowest BCUT2D eigenvalue weighted by Crippen LogP contribution is -2.31. The Morgan fingerprint density at radius 1 is 1.17 bits per heavy atom. The third-order valence-corrected chi connectivity index (χ3v) is 6.80. The molecule has 1 aliphatic heterocycles. The van der Waals surface area contributed by atoms with Gasteiger partial charge in [-0.05, 0) is 38.0 Å². The van der Waals surface area contributed by atoms with Crippen LogP contribution in [0.2, 0.25) is 0 Å². The van der Waals surface area contributed by atoms with Crippen molar-refractivity contribution >= 4 is 46.3 Å². The highest BCUT2D eigenvalue weighted by molar-refractivity contribution is 7.99.